The van der Waals surface area contributed by atoms with Crippen LogP contribution in [-0.4, -0.2) is 67.4 Å². The molecule has 3 rings (SSSR count). The smallest absolute Gasteiger partial charge is 0.312 e. The topological polar surface area (TPSA) is 123 Å². The lowest BCUT2D eigenvalue weighted by Crippen LogP contribution is -2.34. The van der Waals surface area contributed by atoms with Crippen LogP contribution in [0.5, 0.6) is 17.2 Å². The van der Waals surface area contributed by atoms with Crippen LogP contribution in [0.3, 0.4) is 0 Å². The quantitative estimate of drug-likeness (QED) is 0.756. The average molecular weight is 365 g/mol. The molecule has 2 fully saturated rings. The first-order valence-electron chi connectivity index (χ1n) is 7.82. The van der Waals surface area contributed by atoms with Crippen LogP contribution in [0, 0.1) is 10.8 Å². The Morgan fingerprint density at radius 3 is 1.73 bits per heavy atom. The van der Waals surface area contributed by atoms with Gasteiger partial charge in [-0.2, -0.15) is 0 Å². The SMILES string of the molecule is COc1cc(C(=O)N2CC3(C(=O)O)CC3(C(=O)O)C2)cc(OC)c1OC. The number of ether oxygens (including phenoxy) is 3. The van der Waals surface area contributed by atoms with E-state index in [0.717, 1.165) is 0 Å². The third-order valence-electron chi connectivity index (χ3n) is 5.33. The number of rotatable bonds is 6. The van der Waals surface area contributed by atoms with Crippen molar-refractivity contribution in [2.45, 2.75) is 6.42 Å². The maximum absolute atomic E-state index is 12.9. The van der Waals surface area contributed by atoms with Gasteiger partial charge in [0.05, 0.1) is 21.3 Å². The molecule has 2 unspecified atom stereocenters. The Hall–Kier alpha value is -2.97. The molecule has 0 aromatic heterocycles. The second-order valence-electron chi connectivity index (χ2n) is 6.53. The van der Waals surface area contributed by atoms with Gasteiger partial charge in [-0.3, -0.25) is 14.4 Å². The summed E-state index contributed by atoms with van der Waals surface area (Å²) in [5.41, 5.74) is -2.65. The highest BCUT2D eigenvalue weighted by molar-refractivity contribution is 6.00. The van der Waals surface area contributed by atoms with Crippen molar-refractivity contribution in [1.29, 1.82) is 0 Å². The number of carbonyl (C=O) groups is 3. The second kappa shape index (κ2) is 5.79. The number of hydrogen-bond donors (Lipinski definition) is 2. The van der Waals surface area contributed by atoms with Gasteiger partial charge >= 0.3 is 11.9 Å². The van der Waals surface area contributed by atoms with E-state index in [-0.39, 0.29) is 36.6 Å². The van der Waals surface area contributed by atoms with Gasteiger partial charge in [-0.15, -0.1) is 0 Å². The first kappa shape index (κ1) is 17.8. The lowest BCUT2D eigenvalue weighted by molar-refractivity contribution is -0.151. The van der Waals surface area contributed by atoms with E-state index < -0.39 is 28.7 Å². The van der Waals surface area contributed by atoms with Crippen LogP contribution in [0.15, 0.2) is 12.1 Å². The minimum atomic E-state index is -1.42. The zero-order valence-electron chi connectivity index (χ0n) is 14.6. The Morgan fingerprint density at radius 2 is 1.38 bits per heavy atom. The van der Waals surface area contributed by atoms with Crippen molar-refractivity contribution >= 4 is 17.8 Å². The van der Waals surface area contributed by atoms with Crippen LogP contribution < -0.4 is 14.2 Å². The van der Waals surface area contributed by atoms with Crippen LogP contribution in [-0.2, 0) is 9.59 Å². The van der Waals surface area contributed by atoms with E-state index in [2.05, 4.69) is 0 Å². The lowest BCUT2D eigenvalue weighted by Gasteiger charge is -2.21. The highest BCUT2D eigenvalue weighted by atomic mass is 16.5. The number of fused-ring (bicyclic) bond motifs is 1. The maximum Gasteiger partial charge on any atom is 0.312 e. The molecule has 1 saturated heterocycles. The van der Waals surface area contributed by atoms with Gasteiger partial charge in [0.2, 0.25) is 5.75 Å². The molecule has 2 atom stereocenters. The molecule has 1 aromatic rings. The summed E-state index contributed by atoms with van der Waals surface area (Å²) in [6.07, 6.45) is 0.0314. The van der Waals surface area contributed by atoms with Crippen LogP contribution in [0.1, 0.15) is 16.8 Å². The third kappa shape index (κ3) is 2.19. The lowest BCUT2D eigenvalue weighted by atomic mass is 9.97. The zero-order chi connectivity index (χ0) is 19.3. The van der Waals surface area contributed by atoms with Gasteiger partial charge in [-0.25, -0.2) is 0 Å². The van der Waals surface area contributed by atoms with Gasteiger partial charge in [0.1, 0.15) is 10.8 Å². The number of likely N-dealkylation sites (tertiary alicyclic amines) is 1. The molecule has 1 saturated carbocycles. The summed E-state index contributed by atoms with van der Waals surface area (Å²) in [6.45, 7) is -0.297. The Kier molecular flexibility index (Phi) is 3.97. The molecule has 0 spiro atoms. The summed E-state index contributed by atoms with van der Waals surface area (Å²) in [5.74, 6) is -2.00. The fraction of sp³-hybridized carbons (Fsp3) is 0.471. The molecule has 2 aliphatic rings. The number of hydrogen-bond acceptors (Lipinski definition) is 6. The monoisotopic (exact) mass is 365 g/mol. The zero-order valence-corrected chi connectivity index (χ0v) is 14.6. The van der Waals surface area contributed by atoms with Crippen molar-refractivity contribution in [3.8, 4) is 17.2 Å². The number of amides is 1. The Bertz CT molecular complexity index is 753. The number of benzene rings is 1. The summed E-state index contributed by atoms with van der Waals surface area (Å²) < 4.78 is 15.6. The number of carboxylic acids is 2. The molecule has 0 radical (unpaired) electrons. The largest absolute Gasteiger partial charge is 0.493 e. The number of aliphatic carboxylic acids is 2. The molecule has 1 amide bonds. The van der Waals surface area contributed by atoms with Gasteiger partial charge in [-0.1, -0.05) is 0 Å². The predicted molar refractivity (Wildman–Crippen MR) is 86.8 cm³/mol. The first-order valence-corrected chi connectivity index (χ1v) is 7.82. The van der Waals surface area contributed by atoms with E-state index in [9.17, 15) is 24.6 Å². The van der Waals surface area contributed by atoms with Gasteiger partial charge < -0.3 is 29.3 Å². The van der Waals surface area contributed by atoms with Crippen LogP contribution in [0.2, 0.25) is 0 Å². The van der Waals surface area contributed by atoms with E-state index in [1.165, 1.54) is 38.4 Å². The molecular formula is C17H19NO8. The number of carbonyl (C=O) groups excluding carboxylic acids is 1. The first-order chi connectivity index (χ1) is 12.3. The van der Waals surface area contributed by atoms with Gasteiger partial charge in [0, 0.05) is 18.7 Å². The molecule has 9 heteroatoms. The van der Waals surface area contributed by atoms with Crippen molar-refractivity contribution in [1.82, 2.24) is 4.90 Å². The van der Waals surface area contributed by atoms with E-state index in [1.807, 2.05) is 0 Å². The average Bonchev–Trinajstić information content (AvgIpc) is 3.17. The fourth-order valence-electron chi connectivity index (χ4n) is 3.82. The van der Waals surface area contributed by atoms with E-state index in [1.54, 1.807) is 0 Å². The van der Waals surface area contributed by atoms with Crippen molar-refractivity contribution in [2.24, 2.45) is 10.8 Å². The fourth-order valence-corrected chi connectivity index (χ4v) is 3.82. The Labute approximate surface area is 149 Å². The molecule has 0 bridgehead atoms. The van der Waals surface area contributed by atoms with Gasteiger partial charge in [-0.05, 0) is 18.6 Å². The summed E-state index contributed by atoms with van der Waals surface area (Å²) >= 11 is 0. The normalized spacial score (nSPS) is 26.0. The summed E-state index contributed by atoms with van der Waals surface area (Å²) in [4.78, 5) is 37.3. The van der Waals surface area contributed by atoms with Crippen LogP contribution >= 0.6 is 0 Å². The molecule has 9 nitrogen and oxygen atoms in total. The van der Waals surface area contributed by atoms with Gasteiger partial charge in [0.25, 0.3) is 5.91 Å². The molecule has 1 heterocycles. The summed E-state index contributed by atoms with van der Waals surface area (Å²) in [7, 11) is 4.26. The number of piperidine rings is 1. The highest BCUT2D eigenvalue weighted by Gasteiger charge is 2.81. The van der Waals surface area contributed by atoms with Crippen molar-refractivity contribution in [3.05, 3.63) is 17.7 Å². The molecule has 1 aliphatic carbocycles. The van der Waals surface area contributed by atoms with E-state index in [4.69, 9.17) is 14.2 Å². The molecular weight excluding hydrogens is 346 g/mol. The summed E-state index contributed by atoms with van der Waals surface area (Å²) in [6, 6.07) is 2.91. The minimum Gasteiger partial charge on any atom is -0.493 e. The van der Waals surface area contributed by atoms with Crippen molar-refractivity contribution in [3.63, 3.8) is 0 Å². The van der Waals surface area contributed by atoms with Crippen molar-refractivity contribution in [2.75, 3.05) is 34.4 Å². The highest BCUT2D eigenvalue weighted by Crippen LogP contribution is 2.68. The van der Waals surface area contributed by atoms with Crippen LogP contribution in [0.25, 0.3) is 0 Å². The second-order valence-corrected chi connectivity index (χ2v) is 6.53. The number of methoxy groups -OCH3 is 3. The molecule has 1 aliphatic heterocycles. The summed E-state index contributed by atoms with van der Waals surface area (Å²) in [5, 5.41) is 18.9. The van der Waals surface area contributed by atoms with Crippen LogP contribution in [0.4, 0.5) is 0 Å². The Morgan fingerprint density at radius 1 is 0.923 bits per heavy atom. The number of nitrogens with zero attached hydrogens (tertiary/aromatic N) is 1. The molecule has 26 heavy (non-hydrogen) atoms. The van der Waals surface area contributed by atoms with E-state index in [0.29, 0.717) is 5.75 Å². The molecule has 140 valence electrons. The van der Waals surface area contributed by atoms with E-state index >= 15 is 0 Å². The third-order valence-corrected chi connectivity index (χ3v) is 5.33. The van der Waals surface area contributed by atoms with Crippen molar-refractivity contribution < 1.29 is 38.8 Å². The Balaban J connectivity index is 1.94. The minimum absolute atomic E-state index is 0.0314. The molecule has 2 N–H and O–H groups in total. The molecule has 1 aromatic carbocycles. The number of carboxylic acid groups (broad SMARTS) is 2. The van der Waals surface area contributed by atoms with Gasteiger partial charge in [0.15, 0.2) is 11.5 Å². The predicted octanol–water partition coefficient (Wildman–Crippen LogP) is 0.714. The maximum atomic E-state index is 12.9. The standard InChI is InChI=1S/C17H19NO8/c1-24-10-4-9(5-11(25-2)12(10)26-3)13(19)18-7-16(14(20)21)6-17(16,8-18)15(22)23/h4-5H,6-8H2,1-3H3,(H,20,21)(H,22,23).